The summed E-state index contributed by atoms with van der Waals surface area (Å²) in [6.45, 7) is 3.27. The first kappa shape index (κ1) is 16.2. The molecule has 0 aliphatic carbocycles. The lowest BCUT2D eigenvalue weighted by Crippen LogP contribution is -2.41. The Morgan fingerprint density at radius 2 is 2.10 bits per heavy atom. The second-order valence-electron chi connectivity index (χ2n) is 4.87. The van der Waals surface area contributed by atoms with Gasteiger partial charge < -0.3 is 5.73 Å². The highest BCUT2D eigenvalue weighted by Gasteiger charge is 2.32. The Morgan fingerprint density at radius 1 is 1.43 bits per heavy atom. The number of rotatable bonds is 4. The van der Waals surface area contributed by atoms with Gasteiger partial charge in [-0.05, 0) is 26.0 Å². The van der Waals surface area contributed by atoms with Gasteiger partial charge >= 0.3 is 0 Å². The van der Waals surface area contributed by atoms with E-state index in [4.69, 9.17) is 17.3 Å². The monoisotopic (exact) mass is 349 g/mol. The van der Waals surface area contributed by atoms with Gasteiger partial charge in [0.15, 0.2) is 5.82 Å². The first-order valence-corrected chi connectivity index (χ1v) is 8.56. The minimum Gasteiger partial charge on any atom is -0.396 e. The molecule has 1 aromatic heterocycles. The molecule has 0 saturated heterocycles. The maximum absolute atomic E-state index is 14.0. The largest absolute Gasteiger partial charge is 0.396 e. The lowest BCUT2D eigenvalue weighted by atomic mass is 10.1. The van der Waals surface area contributed by atoms with E-state index in [2.05, 4.69) is 9.71 Å². The van der Waals surface area contributed by atoms with E-state index in [1.165, 1.54) is 11.3 Å². The minimum atomic E-state index is -4.14. The third-order valence-electron chi connectivity index (χ3n) is 2.68. The van der Waals surface area contributed by atoms with Gasteiger partial charge in [-0.3, -0.25) is 0 Å². The van der Waals surface area contributed by atoms with Gasteiger partial charge in [-0.15, -0.1) is 11.3 Å². The average molecular weight is 350 g/mol. The lowest BCUT2D eigenvalue weighted by Gasteiger charge is -2.23. The molecule has 0 amide bonds. The van der Waals surface area contributed by atoms with Crippen LogP contribution in [0.15, 0.2) is 28.6 Å². The number of nitrogen functional groups attached to an aromatic ring is 1. The van der Waals surface area contributed by atoms with Gasteiger partial charge in [0.05, 0.1) is 11.2 Å². The average Bonchev–Trinajstić information content (AvgIpc) is 2.86. The summed E-state index contributed by atoms with van der Waals surface area (Å²) < 4.78 is 41.2. The Hall–Kier alpha value is -1.22. The van der Waals surface area contributed by atoms with Crippen molar-refractivity contribution in [3.05, 3.63) is 39.6 Å². The van der Waals surface area contributed by atoms with Gasteiger partial charge in [0, 0.05) is 16.6 Å². The zero-order valence-electron chi connectivity index (χ0n) is 11.2. The smallest absolute Gasteiger partial charge is 0.244 e. The summed E-state index contributed by atoms with van der Waals surface area (Å²) in [7, 11) is -4.14. The molecule has 0 bridgehead atoms. The van der Waals surface area contributed by atoms with Crippen molar-refractivity contribution in [1.82, 2.24) is 9.71 Å². The van der Waals surface area contributed by atoms with Gasteiger partial charge in [0.2, 0.25) is 10.0 Å². The molecular weight excluding hydrogens is 337 g/mol. The Morgan fingerprint density at radius 3 is 2.67 bits per heavy atom. The van der Waals surface area contributed by atoms with Crippen LogP contribution in [0.25, 0.3) is 0 Å². The number of anilines is 1. The Bertz CT molecular complexity index is 761. The number of thiazole rings is 1. The van der Waals surface area contributed by atoms with Gasteiger partial charge in [-0.1, -0.05) is 11.6 Å². The third-order valence-corrected chi connectivity index (χ3v) is 5.65. The minimum absolute atomic E-state index is 0.0429. The van der Waals surface area contributed by atoms with Crippen molar-refractivity contribution in [3.8, 4) is 0 Å². The van der Waals surface area contributed by atoms with Gasteiger partial charge in [0.25, 0.3) is 0 Å². The van der Waals surface area contributed by atoms with Crippen molar-refractivity contribution >= 4 is 38.6 Å². The van der Waals surface area contributed by atoms with Crippen LogP contribution >= 0.6 is 22.9 Å². The standard InChI is InChI=1S/C12H13ClFN3O2S2/c1-12(2,11-16-3-4-20-11)17-21(18,19)9-6-7(13)5-8(15)10(9)14/h3-6,17H,15H2,1-2H3. The normalized spacial score (nSPS) is 12.6. The van der Waals surface area contributed by atoms with E-state index in [-0.39, 0.29) is 10.7 Å². The zero-order valence-corrected chi connectivity index (χ0v) is 13.6. The predicted molar refractivity (Wildman–Crippen MR) is 81.3 cm³/mol. The van der Waals surface area contributed by atoms with Crippen LogP contribution in [0.3, 0.4) is 0 Å². The molecule has 5 nitrogen and oxygen atoms in total. The number of hydrogen-bond donors (Lipinski definition) is 2. The van der Waals surface area contributed by atoms with Crippen LogP contribution in [0.4, 0.5) is 10.1 Å². The van der Waals surface area contributed by atoms with Gasteiger partial charge in [-0.25, -0.2) is 17.8 Å². The van der Waals surface area contributed by atoms with Gasteiger partial charge in [0.1, 0.15) is 9.90 Å². The Balaban J connectivity index is 2.44. The molecule has 0 atom stereocenters. The molecule has 0 aliphatic rings. The summed E-state index contributed by atoms with van der Waals surface area (Å²) in [4.78, 5) is 3.48. The van der Waals surface area contributed by atoms with Crippen molar-refractivity contribution in [3.63, 3.8) is 0 Å². The molecule has 21 heavy (non-hydrogen) atoms. The predicted octanol–water partition coefficient (Wildman–Crippen LogP) is 2.73. The van der Waals surface area contributed by atoms with Crippen molar-refractivity contribution in [2.24, 2.45) is 0 Å². The molecule has 0 saturated carbocycles. The number of aromatic nitrogens is 1. The second-order valence-corrected chi connectivity index (χ2v) is 7.86. The highest BCUT2D eigenvalue weighted by molar-refractivity contribution is 7.89. The molecule has 0 fully saturated rings. The van der Waals surface area contributed by atoms with Crippen LogP contribution in [0.2, 0.25) is 5.02 Å². The maximum Gasteiger partial charge on any atom is 0.244 e. The van der Waals surface area contributed by atoms with Gasteiger partial charge in [-0.2, -0.15) is 4.72 Å². The van der Waals surface area contributed by atoms with E-state index in [1.807, 2.05) is 0 Å². The van der Waals surface area contributed by atoms with E-state index in [1.54, 1.807) is 25.4 Å². The zero-order chi connectivity index (χ0) is 15.8. The summed E-state index contributed by atoms with van der Waals surface area (Å²) in [6, 6.07) is 2.18. The first-order valence-electron chi connectivity index (χ1n) is 5.82. The molecule has 2 aromatic rings. The molecule has 0 radical (unpaired) electrons. The van der Waals surface area contributed by atoms with E-state index < -0.39 is 26.3 Å². The number of hydrogen-bond acceptors (Lipinski definition) is 5. The fraction of sp³-hybridized carbons (Fsp3) is 0.250. The summed E-state index contributed by atoms with van der Waals surface area (Å²) in [5.74, 6) is -1.03. The number of benzene rings is 1. The number of sulfonamides is 1. The first-order chi connectivity index (χ1) is 9.63. The Kier molecular flexibility index (Phi) is 4.25. The molecule has 0 spiro atoms. The van der Waals surface area contributed by atoms with E-state index in [0.29, 0.717) is 5.01 Å². The van der Waals surface area contributed by atoms with Crippen molar-refractivity contribution < 1.29 is 12.8 Å². The number of halogens is 2. The molecule has 9 heteroatoms. The topological polar surface area (TPSA) is 85.1 Å². The van der Waals surface area contributed by atoms with Crippen LogP contribution in [0, 0.1) is 5.82 Å². The van der Waals surface area contributed by atoms with Crippen LogP contribution in [0.1, 0.15) is 18.9 Å². The summed E-state index contributed by atoms with van der Waals surface area (Å²) in [5.41, 5.74) is 4.10. The maximum atomic E-state index is 14.0. The number of nitrogens with zero attached hydrogens (tertiary/aromatic N) is 1. The number of nitrogens with one attached hydrogen (secondary N) is 1. The highest BCUT2D eigenvalue weighted by atomic mass is 35.5. The second kappa shape index (κ2) is 5.53. The van der Waals surface area contributed by atoms with Crippen molar-refractivity contribution in [2.75, 3.05) is 5.73 Å². The fourth-order valence-corrected chi connectivity index (χ4v) is 4.33. The molecule has 2 rings (SSSR count). The van der Waals surface area contributed by atoms with Crippen molar-refractivity contribution in [2.45, 2.75) is 24.3 Å². The van der Waals surface area contributed by atoms with Crippen LogP contribution in [-0.2, 0) is 15.6 Å². The highest BCUT2D eigenvalue weighted by Crippen LogP contribution is 2.29. The SMILES string of the molecule is CC(C)(NS(=O)(=O)c1cc(Cl)cc(N)c1F)c1nccs1. The molecular formula is C12H13ClFN3O2S2. The third kappa shape index (κ3) is 3.34. The molecule has 1 heterocycles. The molecule has 1 aromatic carbocycles. The van der Waals surface area contributed by atoms with E-state index in [0.717, 1.165) is 12.1 Å². The number of nitrogens with two attached hydrogens (primary N) is 1. The summed E-state index contributed by atoms with van der Waals surface area (Å²) in [6.07, 6.45) is 1.56. The molecule has 0 unspecified atom stereocenters. The van der Waals surface area contributed by atoms with Crippen LogP contribution < -0.4 is 10.5 Å². The van der Waals surface area contributed by atoms with Crippen LogP contribution in [0.5, 0.6) is 0 Å². The van der Waals surface area contributed by atoms with Crippen LogP contribution in [-0.4, -0.2) is 13.4 Å². The van der Waals surface area contributed by atoms with E-state index >= 15 is 0 Å². The lowest BCUT2D eigenvalue weighted by molar-refractivity contribution is 0.466. The quantitative estimate of drug-likeness (QED) is 0.831. The van der Waals surface area contributed by atoms with E-state index in [9.17, 15) is 12.8 Å². The molecule has 114 valence electrons. The Labute approximate surface area is 131 Å². The summed E-state index contributed by atoms with van der Waals surface area (Å²) in [5, 5.41) is 2.33. The fourth-order valence-electron chi connectivity index (χ4n) is 1.75. The van der Waals surface area contributed by atoms with Crippen molar-refractivity contribution in [1.29, 1.82) is 0 Å². The summed E-state index contributed by atoms with van der Waals surface area (Å²) >= 11 is 7.04. The molecule has 3 N–H and O–H groups in total. The molecule has 0 aliphatic heterocycles.